The number of unbranched alkanes of at least 4 members (excludes halogenated alkanes) is 1. The van der Waals surface area contributed by atoms with Gasteiger partial charge >= 0.3 is 0 Å². The summed E-state index contributed by atoms with van der Waals surface area (Å²) in [6.45, 7) is 4.83. The maximum Gasteiger partial charge on any atom is 0.271 e. The quantitative estimate of drug-likeness (QED) is 0.849. The van der Waals surface area contributed by atoms with Crippen LogP contribution in [0.25, 0.3) is 0 Å². The number of nitrogens with one attached hydrogen (secondary N) is 1. The van der Waals surface area contributed by atoms with Crippen molar-refractivity contribution >= 4 is 5.91 Å². The standard InChI is InChI=1S/C21H31N3O2/c1-3-4-7-24-19(25)6-5-18(23-24)20(26)22-14(2)21-11-15-8-16(12-21)10-17(9-15)13-21/h5-6,14-17H,3-4,7-13H2,1-2H3,(H,22,26). The Balaban J connectivity index is 1.47. The first-order valence-corrected chi connectivity index (χ1v) is 10.4. The Labute approximate surface area is 155 Å². The Hall–Kier alpha value is -1.65. The minimum absolute atomic E-state index is 0.135. The Morgan fingerprint density at radius 1 is 1.23 bits per heavy atom. The topological polar surface area (TPSA) is 64.0 Å². The van der Waals surface area contributed by atoms with Gasteiger partial charge in [-0.05, 0) is 81.1 Å². The van der Waals surface area contributed by atoms with Crippen LogP contribution in [0, 0.1) is 23.2 Å². The number of rotatable bonds is 6. The van der Waals surface area contributed by atoms with Gasteiger partial charge in [0.25, 0.3) is 11.5 Å². The van der Waals surface area contributed by atoms with E-state index in [1.54, 1.807) is 6.07 Å². The predicted molar refractivity (Wildman–Crippen MR) is 101 cm³/mol. The van der Waals surface area contributed by atoms with Gasteiger partial charge in [-0.15, -0.1) is 0 Å². The fourth-order valence-electron chi connectivity index (χ4n) is 6.17. The lowest BCUT2D eigenvalue weighted by atomic mass is 9.48. The summed E-state index contributed by atoms with van der Waals surface area (Å²) in [6, 6.07) is 3.20. The monoisotopic (exact) mass is 357 g/mol. The third kappa shape index (κ3) is 3.21. The van der Waals surface area contributed by atoms with E-state index in [2.05, 4.69) is 24.3 Å². The van der Waals surface area contributed by atoms with Gasteiger partial charge in [-0.3, -0.25) is 9.59 Å². The third-order valence-corrected chi connectivity index (χ3v) is 7.17. The second-order valence-corrected chi connectivity index (χ2v) is 9.11. The van der Waals surface area contributed by atoms with Crippen molar-refractivity contribution in [3.63, 3.8) is 0 Å². The summed E-state index contributed by atoms with van der Waals surface area (Å²) in [5.41, 5.74) is 0.502. The van der Waals surface area contributed by atoms with Crippen molar-refractivity contribution in [1.82, 2.24) is 15.1 Å². The largest absolute Gasteiger partial charge is 0.348 e. The van der Waals surface area contributed by atoms with Gasteiger partial charge in [-0.2, -0.15) is 5.10 Å². The zero-order valence-corrected chi connectivity index (χ0v) is 16.0. The number of aryl methyl sites for hydroxylation is 1. The number of carbonyl (C=O) groups excluding carboxylic acids is 1. The fraction of sp³-hybridized carbons (Fsp3) is 0.762. The van der Waals surface area contributed by atoms with E-state index in [9.17, 15) is 9.59 Å². The van der Waals surface area contributed by atoms with E-state index in [1.165, 1.54) is 49.3 Å². The van der Waals surface area contributed by atoms with Crippen molar-refractivity contribution in [3.05, 3.63) is 28.2 Å². The van der Waals surface area contributed by atoms with E-state index >= 15 is 0 Å². The Morgan fingerprint density at radius 3 is 2.42 bits per heavy atom. The molecule has 1 aromatic heterocycles. The second kappa shape index (κ2) is 6.82. The highest BCUT2D eigenvalue weighted by atomic mass is 16.2. The molecule has 1 unspecified atom stereocenters. The Bertz CT molecular complexity index is 704. The molecule has 4 aliphatic rings. The predicted octanol–water partition coefficient (Wildman–Crippen LogP) is 3.38. The summed E-state index contributed by atoms with van der Waals surface area (Å²) in [5.74, 6) is 2.47. The summed E-state index contributed by atoms with van der Waals surface area (Å²) in [4.78, 5) is 24.7. The first-order chi connectivity index (χ1) is 12.5. The van der Waals surface area contributed by atoms with Crippen molar-refractivity contribution in [2.45, 2.75) is 77.8 Å². The van der Waals surface area contributed by atoms with Crippen LogP contribution < -0.4 is 10.9 Å². The van der Waals surface area contributed by atoms with Crippen LogP contribution in [0.2, 0.25) is 0 Å². The zero-order valence-electron chi connectivity index (χ0n) is 16.0. The second-order valence-electron chi connectivity index (χ2n) is 9.11. The molecule has 4 fully saturated rings. The average molecular weight is 357 g/mol. The zero-order chi connectivity index (χ0) is 18.3. The number of hydrogen-bond acceptors (Lipinski definition) is 3. The first-order valence-electron chi connectivity index (χ1n) is 10.4. The van der Waals surface area contributed by atoms with Crippen molar-refractivity contribution < 1.29 is 4.79 Å². The molecule has 1 heterocycles. The third-order valence-electron chi connectivity index (χ3n) is 7.17. The van der Waals surface area contributed by atoms with E-state index in [-0.39, 0.29) is 22.9 Å². The molecule has 5 heteroatoms. The molecule has 1 N–H and O–H groups in total. The fourth-order valence-corrected chi connectivity index (χ4v) is 6.17. The maximum atomic E-state index is 12.8. The van der Waals surface area contributed by atoms with E-state index in [1.807, 2.05) is 0 Å². The Morgan fingerprint density at radius 2 is 1.85 bits per heavy atom. The first kappa shape index (κ1) is 17.7. The van der Waals surface area contributed by atoms with Gasteiger partial charge in [0.15, 0.2) is 0 Å². The van der Waals surface area contributed by atoms with Crippen LogP contribution in [0.1, 0.15) is 75.7 Å². The van der Waals surface area contributed by atoms with Gasteiger partial charge < -0.3 is 5.32 Å². The van der Waals surface area contributed by atoms with Crippen LogP contribution in [0.15, 0.2) is 16.9 Å². The average Bonchev–Trinajstić information content (AvgIpc) is 2.59. The number of carbonyl (C=O) groups is 1. The number of amides is 1. The lowest BCUT2D eigenvalue weighted by Gasteiger charge is -2.59. The molecule has 5 rings (SSSR count). The van der Waals surface area contributed by atoms with Crippen LogP contribution in [0.4, 0.5) is 0 Å². The van der Waals surface area contributed by atoms with Crippen molar-refractivity contribution in [2.75, 3.05) is 0 Å². The summed E-state index contributed by atoms with van der Waals surface area (Å²) in [6.07, 6.45) is 9.91. The lowest BCUT2D eigenvalue weighted by Crippen LogP contribution is -2.56. The molecule has 0 spiro atoms. The van der Waals surface area contributed by atoms with Crippen molar-refractivity contribution in [2.24, 2.45) is 23.2 Å². The smallest absolute Gasteiger partial charge is 0.271 e. The van der Waals surface area contributed by atoms with Gasteiger partial charge in [0.05, 0.1) is 0 Å². The van der Waals surface area contributed by atoms with Gasteiger partial charge in [0.2, 0.25) is 0 Å². The lowest BCUT2D eigenvalue weighted by molar-refractivity contribution is -0.0688. The molecule has 0 saturated heterocycles. The highest BCUT2D eigenvalue weighted by molar-refractivity contribution is 5.92. The molecule has 4 aliphatic carbocycles. The van der Waals surface area contributed by atoms with Gasteiger partial charge in [0.1, 0.15) is 5.69 Å². The summed E-state index contributed by atoms with van der Waals surface area (Å²) >= 11 is 0. The van der Waals surface area contributed by atoms with Crippen LogP contribution in [-0.2, 0) is 6.54 Å². The van der Waals surface area contributed by atoms with Crippen LogP contribution in [-0.4, -0.2) is 21.7 Å². The maximum absolute atomic E-state index is 12.8. The van der Waals surface area contributed by atoms with E-state index in [4.69, 9.17) is 0 Å². The van der Waals surface area contributed by atoms with Crippen LogP contribution in [0.5, 0.6) is 0 Å². The van der Waals surface area contributed by atoms with E-state index in [0.29, 0.717) is 12.2 Å². The van der Waals surface area contributed by atoms with Crippen LogP contribution in [0.3, 0.4) is 0 Å². The molecular weight excluding hydrogens is 326 g/mol. The van der Waals surface area contributed by atoms with E-state index < -0.39 is 0 Å². The number of hydrogen-bond donors (Lipinski definition) is 1. The molecule has 0 radical (unpaired) electrons. The van der Waals surface area contributed by atoms with E-state index in [0.717, 1.165) is 30.6 Å². The highest BCUT2D eigenvalue weighted by Crippen LogP contribution is 2.61. The van der Waals surface area contributed by atoms with Gasteiger partial charge in [0, 0.05) is 18.7 Å². The molecule has 142 valence electrons. The molecular formula is C21H31N3O2. The minimum Gasteiger partial charge on any atom is -0.348 e. The highest BCUT2D eigenvalue weighted by Gasteiger charge is 2.53. The SMILES string of the molecule is CCCCn1nc(C(=O)NC(C)C23CC4CC(CC(C4)C2)C3)ccc1=O. The van der Waals surface area contributed by atoms with Crippen LogP contribution >= 0.6 is 0 Å². The Kier molecular flexibility index (Phi) is 4.66. The summed E-state index contributed by atoms with van der Waals surface area (Å²) in [7, 11) is 0. The molecule has 5 nitrogen and oxygen atoms in total. The molecule has 1 atom stereocenters. The molecule has 4 saturated carbocycles. The molecule has 0 aliphatic heterocycles. The summed E-state index contributed by atoms with van der Waals surface area (Å²) in [5, 5.41) is 7.54. The van der Waals surface area contributed by atoms with Gasteiger partial charge in [-0.1, -0.05) is 13.3 Å². The molecule has 0 aromatic carbocycles. The molecule has 1 amide bonds. The number of nitrogens with zero attached hydrogens (tertiary/aromatic N) is 2. The van der Waals surface area contributed by atoms with Crippen molar-refractivity contribution in [3.8, 4) is 0 Å². The normalized spacial score (nSPS) is 33.2. The molecule has 26 heavy (non-hydrogen) atoms. The molecule has 4 bridgehead atoms. The summed E-state index contributed by atoms with van der Waals surface area (Å²) < 4.78 is 1.42. The number of aromatic nitrogens is 2. The van der Waals surface area contributed by atoms with Crippen molar-refractivity contribution in [1.29, 1.82) is 0 Å². The minimum atomic E-state index is -0.140. The molecule has 1 aromatic rings. The van der Waals surface area contributed by atoms with Gasteiger partial charge in [-0.25, -0.2) is 4.68 Å².